The average Bonchev–Trinajstić information content (AvgIpc) is 3.20. The molecule has 0 radical (unpaired) electrons. The number of anilines is 1. The molecular formula is C29H33NO4. The number of methoxy groups -OCH3 is 1. The van der Waals surface area contributed by atoms with Crippen molar-refractivity contribution in [2.24, 2.45) is 0 Å². The average molecular weight is 460 g/mol. The highest BCUT2D eigenvalue weighted by molar-refractivity contribution is 5.77. The Labute approximate surface area is 202 Å². The maximum Gasteiger partial charge on any atom is 0.306 e. The molecule has 1 N–H and O–H groups in total. The summed E-state index contributed by atoms with van der Waals surface area (Å²) < 4.78 is 17.0. The van der Waals surface area contributed by atoms with Gasteiger partial charge in [-0.15, -0.1) is 0 Å². The molecule has 5 nitrogen and oxygen atoms in total. The number of carbonyl (C=O) groups excluding carboxylic acids is 1. The van der Waals surface area contributed by atoms with E-state index in [9.17, 15) is 4.79 Å². The predicted octanol–water partition coefficient (Wildman–Crippen LogP) is 6.41. The van der Waals surface area contributed by atoms with E-state index in [4.69, 9.17) is 14.2 Å². The molecule has 0 saturated carbocycles. The number of hydrogen-bond donors (Lipinski definition) is 1. The van der Waals surface area contributed by atoms with Gasteiger partial charge in [0.25, 0.3) is 0 Å². The van der Waals surface area contributed by atoms with Crippen molar-refractivity contribution < 1.29 is 19.0 Å². The van der Waals surface area contributed by atoms with Gasteiger partial charge in [0.2, 0.25) is 0 Å². The lowest BCUT2D eigenvalue weighted by atomic mass is 9.93. The van der Waals surface area contributed by atoms with E-state index in [0.717, 1.165) is 33.9 Å². The summed E-state index contributed by atoms with van der Waals surface area (Å²) in [5.74, 6) is 1.56. The summed E-state index contributed by atoms with van der Waals surface area (Å²) in [6.07, 6.45) is 0.390. The van der Waals surface area contributed by atoms with E-state index in [-0.39, 0.29) is 18.0 Å². The lowest BCUT2D eigenvalue weighted by Crippen LogP contribution is -2.11. The van der Waals surface area contributed by atoms with Gasteiger partial charge in [-0.25, -0.2) is 0 Å². The van der Waals surface area contributed by atoms with Gasteiger partial charge >= 0.3 is 5.97 Å². The molecule has 3 aromatic rings. The molecule has 0 aliphatic carbocycles. The lowest BCUT2D eigenvalue weighted by Gasteiger charge is -2.21. The topological polar surface area (TPSA) is 56.8 Å². The second-order valence-electron chi connectivity index (χ2n) is 9.12. The smallest absolute Gasteiger partial charge is 0.306 e. The molecule has 0 spiro atoms. The molecule has 0 bridgehead atoms. The Balaban J connectivity index is 1.59. The fourth-order valence-electron chi connectivity index (χ4n) is 4.57. The number of esters is 1. The third kappa shape index (κ3) is 5.04. The molecule has 1 heterocycles. The summed E-state index contributed by atoms with van der Waals surface area (Å²) in [5.41, 5.74) is 7.92. The van der Waals surface area contributed by atoms with Crippen LogP contribution in [0.3, 0.4) is 0 Å². The van der Waals surface area contributed by atoms with Crippen LogP contribution in [-0.2, 0) is 16.1 Å². The molecule has 1 aliphatic heterocycles. The first-order valence-corrected chi connectivity index (χ1v) is 11.8. The largest absolute Gasteiger partial charge is 0.493 e. The van der Waals surface area contributed by atoms with Crippen LogP contribution in [0, 0.1) is 13.8 Å². The van der Waals surface area contributed by atoms with Crippen molar-refractivity contribution in [1.82, 2.24) is 0 Å². The molecule has 0 fully saturated rings. The van der Waals surface area contributed by atoms with Gasteiger partial charge in [-0.2, -0.15) is 0 Å². The highest BCUT2D eigenvalue weighted by Crippen LogP contribution is 2.40. The van der Waals surface area contributed by atoms with Gasteiger partial charge in [-0.3, -0.25) is 4.79 Å². The minimum absolute atomic E-state index is 0.0385. The van der Waals surface area contributed by atoms with Gasteiger partial charge in [0, 0.05) is 40.9 Å². The monoisotopic (exact) mass is 459 g/mol. The Bertz CT molecular complexity index is 1160. The summed E-state index contributed by atoms with van der Waals surface area (Å²) in [6, 6.07) is 18.8. The Morgan fingerprint density at radius 2 is 1.82 bits per heavy atom. The van der Waals surface area contributed by atoms with E-state index in [1.165, 1.54) is 23.8 Å². The molecule has 34 heavy (non-hydrogen) atoms. The van der Waals surface area contributed by atoms with Crippen LogP contribution in [0.1, 0.15) is 48.4 Å². The lowest BCUT2D eigenvalue weighted by molar-refractivity contribution is -0.141. The number of ether oxygens (including phenoxy) is 3. The number of fused-ring (bicyclic) bond motifs is 1. The van der Waals surface area contributed by atoms with Crippen LogP contribution in [0.15, 0.2) is 54.6 Å². The van der Waals surface area contributed by atoms with E-state index >= 15 is 0 Å². The minimum Gasteiger partial charge on any atom is -0.493 e. The molecule has 1 aliphatic rings. The maximum absolute atomic E-state index is 11.7. The first-order chi connectivity index (χ1) is 16.4. The summed E-state index contributed by atoms with van der Waals surface area (Å²) in [6.45, 7) is 9.51. The van der Waals surface area contributed by atoms with E-state index in [2.05, 4.69) is 69.4 Å². The second kappa shape index (κ2) is 10.2. The first kappa shape index (κ1) is 23.7. The Hall–Kier alpha value is -3.47. The normalized spacial score (nSPS) is 14.5. The number of para-hydroxylation sites is 1. The van der Waals surface area contributed by atoms with Gasteiger partial charge < -0.3 is 19.5 Å². The van der Waals surface area contributed by atoms with Crippen LogP contribution in [0.25, 0.3) is 11.1 Å². The van der Waals surface area contributed by atoms with Gasteiger partial charge in [0.05, 0.1) is 26.2 Å². The second-order valence-corrected chi connectivity index (χ2v) is 9.12. The number of carbonyl (C=O) groups is 1. The van der Waals surface area contributed by atoms with Crippen molar-refractivity contribution in [2.75, 3.05) is 19.0 Å². The van der Waals surface area contributed by atoms with Gasteiger partial charge in [-0.05, 0) is 50.5 Å². The summed E-state index contributed by atoms with van der Waals surface area (Å²) >= 11 is 0. The van der Waals surface area contributed by atoms with Crippen molar-refractivity contribution in [3.63, 3.8) is 0 Å². The summed E-state index contributed by atoms with van der Waals surface area (Å²) in [7, 11) is 1.42. The van der Waals surface area contributed by atoms with Crippen molar-refractivity contribution in [2.45, 2.75) is 52.7 Å². The van der Waals surface area contributed by atoms with Crippen molar-refractivity contribution >= 4 is 11.7 Å². The van der Waals surface area contributed by atoms with Crippen molar-refractivity contribution in [3.8, 4) is 22.6 Å². The van der Waals surface area contributed by atoms with Crippen LogP contribution >= 0.6 is 0 Å². The molecule has 1 unspecified atom stereocenters. The zero-order valence-corrected chi connectivity index (χ0v) is 20.6. The molecule has 0 saturated heterocycles. The number of benzene rings is 3. The molecule has 0 amide bonds. The molecule has 5 heteroatoms. The Kier molecular flexibility index (Phi) is 7.11. The molecule has 1 atom stereocenters. The zero-order valence-electron chi connectivity index (χ0n) is 20.6. The van der Waals surface area contributed by atoms with Crippen LogP contribution in [0.5, 0.6) is 11.5 Å². The third-order valence-electron chi connectivity index (χ3n) is 6.22. The zero-order chi connectivity index (χ0) is 24.2. The fraction of sp³-hybridized carbons (Fsp3) is 0.345. The van der Waals surface area contributed by atoms with Crippen LogP contribution in [0.4, 0.5) is 5.69 Å². The highest BCUT2D eigenvalue weighted by atomic mass is 16.5. The van der Waals surface area contributed by atoms with E-state index in [1.807, 2.05) is 18.2 Å². The molecular weight excluding hydrogens is 426 g/mol. The quantitative estimate of drug-likeness (QED) is 0.395. The van der Waals surface area contributed by atoms with E-state index in [0.29, 0.717) is 19.6 Å². The Morgan fingerprint density at radius 3 is 2.53 bits per heavy atom. The van der Waals surface area contributed by atoms with Crippen molar-refractivity contribution in [3.05, 3.63) is 76.9 Å². The SMILES string of the molecule is COC(=O)CC1COc2cc(NCc3cccc(-c4c(C)cccc4C)c3OC(C)C)ccc21. The van der Waals surface area contributed by atoms with Gasteiger partial charge in [0.1, 0.15) is 11.5 Å². The third-order valence-corrected chi connectivity index (χ3v) is 6.22. The molecule has 3 aromatic carbocycles. The maximum atomic E-state index is 11.7. The number of rotatable bonds is 8. The number of aryl methyl sites for hydroxylation is 2. The van der Waals surface area contributed by atoms with Crippen LogP contribution < -0.4 is 14.8 Å². The van der Waals surface area contributed by atoms with Crippen molar-refractivity contribution in [1.29, 1.82) is 0 Å². The predicted molar refractivity (Wildman–Crippen MR) is 136 cm³/mol. The first-order valence-electron chi connectivity index (χ1n) is 11.8. The highest BCUT2D eigenvalue weighted by Gasteiger charge is 2.27. The van der Waals surface area contributed by atoms with E-state index in [1.54, 1.807) is 0 Å². The summed E-state index contributed by atoms with van der Waals surface area (Å²) in [5, 5.41) is 3.53. The minimum atomic E-state index is -0.217. The standard InChI is InChI=1S/C29H33NO4/c1-18(2)34-29-21(10-7-11-25(29)28-19(3)8-6-9-20(28)4)16-30-23-12-13-24-22(14-27(31)32-5)17-33-26(24)15-23/h6-13,15,18,22,30H,14,16-17H2,1-5H3. The van der Waals surface area contributed by atoms with E-state index < -0.39 is 0 Å². The number of hydrogen-bond acceptors (Lipinski definition) is 5. The molecule has 178 valence electrons. The van der Waals surface area contributed by atoms with Crippen LogP contribution in [-0.4, -0.2) is 25.8 Å². The number of nitrogens with one attached hydrogen (secondary N) is 1. The summed E-state index contributed by atoms with van der Waals surface area (Å²) in [4.78, 5) is 11.7. The Morgan fingerprint density at radius 1 is 1.09 bits per heavy atom. The van der Waals surface area contributed by atoms with Gasteiger partial charge in [-0.1, -0.05) is 42.5 Å². The molecule has 0 aromatic heterocycles. The fourth-order valence-corrected chi connectivity index (χ4v) is 4.57. The van der Waals surface area contributed by atoms with Gasteiger partial charge in [0.15, 0.2) is 0 Å². The van der Waals surface area contributed by atoms with Crippen LogP contribution in [0.2, 0.25) is 0 Å². The molecule has 4 rings (SSSR count).